The summed E-state index contributed by atoms with van der Waals surface area (Å²) in [5.41, 5.74) is -0.465. The maximum atomic E-state index is 16.8. The zero-order chi connectivity index (χ0) is 45.5. The number of ether oxygens (including phenoxy) is 3. The van der Waals surface area contributed by atoms with Crippen LogP contribution in [0.25, 0.3) is 32.9 Å². The van der Waals surface area contributed by atoms with Gasteiger partial charge in [-0.05, 0) is 80.6 Å². The van der Waals surface area contributed by atoms with Crippen molar-refractivity contribution >= 4 is 49.5 Å². The third-order valence-corrected chi connectivity index (χ3v) is 12.7. The van der Waals surface area contributed by atoms with Crippen molar-refractivity contribution in [1.82, 2.24) is 25.2 Å². The van der Waals surface area contributed by atoms with Gasteiger partial charge in [0, 0.05) is 43.3 Å². The molecule has 3 aromatic carbocycles. The largest absolute Gasteiger partial charge is 0.508 e. The van der Waals surface area contributed by atoms with Gasteiger partial charge in [0.1, 0.15) is 52.1 Å². The van der Waals surface area contributed by atoms with Gasteiger partial charge in [0.05, 0.1) is 24.3 Å². The topological polar surface area (TPSA) is 125 Å². The molecule has 1 amide bonds. The molecular formula is C43H46F7N7O5S. The molecule has 4 aliphatic heterocycles. The predicted octanol–water partition coefficient (Wildman–Crippen LogP) is 9.56. The number of nitrogens with one attached hydrogen (secondary N) is 1. The standard InChI is InChI=1S/C32H30F2N6O3.C9H10F5NO2S.C2H6/c1-2-21-23(33)6-5-18-13-20(41)14-22(24(18)21)27-26(34)28-25-29(40-12-9-35-15-19(40)16-42-30(25)36-27)38-31(37-28)43-17-32-7-3-10-39(32)11-4-8-32;1-15(9(16)17-2)7-4-3-5-8(6-7)18(10,11,12,13)14;1-2/h1,5-6,13-14,19,35,41H,3-4,7-12,15-17H2;3-6H,1-2H3;1-2H3/t19-;;/m0../s1. The molecule has 0 bridgehead atoms. The number of piperazine rings is 1. The number of terminal acetylenes is 1. The van der Waals surface area contributed by atoms with Crippen molar-refractivity contribution in [2.75, 3.05) is 69.9 Å². The van der Waals surface area contributed by atoms with Crippen LogP contribution in [0.1, 0.15) is 45.1 Å². The van der Waals surface area contributed by atoms with Crippen LogP contribution in [0.15, 0.2) is 53.4 Å². The molecule has 2 N–H and O–H groups in total. The number of methoxy groups -OCH3 is 1. The highest BCUT2D eigenvalue weighted by atomic mass is 32.5. The Balaban J connectivity index is 0.000000252. The van der Waals surface area contributed by atoms with Gasteiger partial charge in [-0.3, -0.25) is 9.80 Å². The van der Waals surface area contributed by atoms with E-state index in [2.05, 4.69) is 35.7 Å². The van der Waals surface area contributed by atoms with Gasteiger partial charge in [0.25, 0.3) is 0 Å². The number of amides is 1. The minimum atomic E-state index is -9.74. The third kappa shape index (κ3) is 8.78. The zero-order valence-corrected chi connectivity index (χ0v) is 35.7. The Bertz CT molecular complexity index is 2630. The number of pyridine rings is 1. The molecule has 338 valence electrons. The highest BCUT2D eigenvalue weighted by Gasteiger charge is 2.65. The molecule has 0 spiro atoms. The summed E-state index contributed by atoms with van der Waals surface area (Å²) < 4.78 is 111. The number of rotatable bonds is 6. The molecule has 1 atom stereocenters. The van der Waals surface area contributed by atoms with Crippen LogP contribution in [0, 0.1) is 24.0 Å². The summed E-state index contributed by atoms with van der Waals surface area (Å²) in [6, 6.07) is 7.88. The van der Waals surface area contributed by atoms with E-state index in [0.717, 1.165) is 71.6 Å². The van der Waals surface area contributed by atoms with Crippen LogP contribution >= 0.6 is 10.2 Å². The average molecular weight is 906 g/mol. The summed E-state index contributed by atoms with van der Waals surface area (Å²) in [4.78, 5) is 28.4. The van der Waals surface area contributed by atoms with Gasteiger partial charge in [0.15, 0.2) is 5.82 Å². The van der Waals surface area contributed by atoms with Crippen molar-refractivity contribution in [3.8, 4) is 41.2 Å². The third-order valence-electron chi connectivity index (χ3n) is 11.6. The number of aromatic hydroxyl groups is 1. The number of benzene rings is 3. The number of phenols is 1. The first-order valence-electron chi connectivity index (χ1n) is 20.3. The Labute approximate surface area is 359 Å². The second kappa shape index (κ2) is 16.4. The van der Waals surface area contributed by atoms with E-state index in [-0.39, 0.29) is 81.4 Å². The molecular weight excluding hydrogens is 860 g/mol. The van der Waals surface area contributed by atoms with Crippen molar-refractivity contribution in [3.05, 3.63) is 65.7 Å². The minimum Gasteiger partial charge on any atom is -0.508 e. The molecule has 0 saturated carbocycles. The fraction of sp³-hybridized carbons (Fsp3) is 0.395. The monoisotopic (exact) mass is 905 g/mol. The number of halogens is 7. The van der Waals surface area contributed by atoms with E-state index in [1.807, 2.05) is 13.8 Å². The molecule has 5 aromatic rings. The number of hydrogen-bond acceptors (Lipinski definition) is 11. The number of carbonyl (C=O) groups is 1. The van der Waals surface area contributed by atoms with E-state index in [1.54, 1.807) is 0 Å². The number of fused-ring (bicyclic) bond motifs is 4. The van der Waals surface area contributed by atoms with Crippen LogP contribution < -0.4 is 24.6 Å². The zero-order valence-electron chi connectivity index (χ0n) is 34.9. The SMILES string of the molecule is C#Cc1c(F)ccc2cc(O)cc(-c3nc4c5c(nc(OCC67CCCN6CCC7)nc5c3F)N3CCNC[C@H]3CO4)c12.CC.COC(=O)N(C)c1cccc(S(F)(F)(F)(F)F)c1. The van der Waals surface area contributed by atoms with Crippen molar-refractivity contribution in [1.29, 1.82) is 0 Å². The number of carbonyl (C=O) groups excluding carboxylic acids is 1. The number of anilines is 2. The van der Waals surface area contributed by atoms with E-state index >= 15 is 4.39 Å². The molecule has 12 nitrogen and oxygen atoms in total. The Morgan fingerprint density at radius 2 is 1.76 bits per heavy atom. The number of nitrogens with zero attached hydrogens (tertiary/aromatic N) is 6. The average Bonchev–Trinajstić information content (AvgIpc) is 3.81. The van der Waals surface area contributed by atoms with Gasteiger partial charge >= 0.3 is 22.3 Å². The summed E-state index contributed by atoms with van der Waals surface area (Å²) in [5, 5.41) is 15.0. The van der Waals surface area contributed by atoms with Gasteiger partial charge in [-0.15, -0.1) is 6.42 Å². The highest BCUT2D eigenvalue weighted by Crippen LogP contribution is 3.02. The summed E-state index contributed by atoms with van der Waals surface area (Å²) in [7, 11) is -7.61. The first-order chi connectivity index (χ1) is 29.8. The van der Waals surface area contributed by atoms with Gasteiger partial charge in [-0.1, -0.05) is 51.3 Å². The lowest BCUT2D eigenvalue weighted by Gasteiger charge is -2.40. The number of phenolic OH excluding ortho intramolecular Hbond substituents is 1. The fourth-order valence-electron chi connectivity index (χ4n) is 8.61. The van der Waals surface area contributed by atoms with E-state index in [9.17, 15) is 33.7 Å². The fourth-order valence-corrected chi connectivity index (χ4v) is 9.29. The lowest BCUT2D eigenvalue weighted by atomic mass is 9.95. The molecule has 2 aromatic heterocycles. The highest BCUT2D eigenvalue weighted by molar-refractivity contribution is 8.45. The first kappa shape index (κ1) is 45.3. The van der Waals surface area contributed by atoms with Gasteiger partial charge in [-0.2, -0.15) is 9.97 Å². The lowest BCUT2D eigenvalue weighted by Crippen LogP contribution is -2.53. The summed E-state index contributed by atoms with van der Waals surface area (Å²) in [6.07, 6.45) is 9.08. The molecule has 0 radical (unpaired) electrons. The van der Waals surface area contributed by atoms with Crippen LogP contribution in [0.4, 0.5) is 44.5 Å². The van der Waals surface area contributed by atoms with Gasteiger partial charge < -0.3 is 29.5 Å². The summed E-state index contributed by atoms with van der Waals surface area (Å²) in [6.45, 7) is 8.85. The van der Waals surface area contributed by atoms with E-state index in [0.29, 0.717) is 41.2 Å². The van der Waals surface area contributed by atoms with Crippen LogP contribution in [0.5, 0.6) is 17.6 Å². The molecule has 6 heterocycles. The maximum absolute atomic E-state index is 16.8. The van der Waals surface area contributed by atoms with Crippen LogP contribution in [0.3, 0.4) is 0 Å². The van der Waals surface area contributed by atoms with Crippen LogP contribution in [0.2, 0.25) is 0 Å². The Hall–Kier alpha value is -5.78. The van der Waals surface area contributed by atoms with Gasteiger partial charge in [0.2, 0.25) is 5.88 Å². The van der Waals surface area contributed by atoms with Gasteiger partial charge in [-0.25, -0.2) is 18.6 Å². The molecule has 3 fully saturated rings. The normalized spacial score (nSPS) is 18.8. The quantitative estimate of drug-likeness (QED) is 0.125. The van der Waals surface area contributed by atoms with Crippen molar-refractivity contribution in [2.24, 2.45) is 0 Å². The van der Waals surface area contributed by atoms with E-state index in [4.69, 9.17) is 20.9 Å². The maximum Gasteiger partial charge on any atom is 0.413 e. The Morgan fingerprint density at radius 3 is 2.44 bits per heavy atom. The van der Waals surface area contributed by atoms with Crippen LogP contribution in [-0.4, -0.2) is 103 Å². The molecule has 9 rings (SSSR count). The van der Waals surface area contributed by atoms with Crippen LogP contribution in [-0.2, 0) is 4.74 Å². The summed E-state index contributed by atoms with van der Waals surface area (Å²) >= 11 is 0. The smallest absolute Gasteiger partial charge is 0.413 e. The van der Waals surface area contributed by atoms with Crippen molar-refractivity contribution in [2.45, 2.75) is 56.0 Å². The minimum absolute atomic E-state index is 0.0125. The Morgan fingerprint density at radius 1 is 1.03 bits per heavy atom. The molecule has 4 aliphatic rings. The first-order valence-corrected chi connectivity index (χ1v) is 22.2. The molecule has 63 heavy (non-hydrogen) atoms. The number of hydrogen-bond donors (Lipinski definition) is 2. The molecule has 0 aliphatic carbocycles. The lowest BCUT2D eigenvalue weighted by molar-refractivity contribution is 0.108. The second-order valence-electron chi connectivity index (χ2n) is 15.4. The molecule has 0 unspecified atom stereocenters. The number of aromatic nitrogens is 3. The van der Waals surface area contributed by atoms with E-state index < -0.39 is 32.8 Å². The Kier molecular flexibility index (Phi) is 11.8. The predicted molar refractivity (Wildman–Crippen MR) is 228 cm³/mol. The second-order valence-corrected chi connectivity index (χ2v) is 17.8. The van der Waals surface area contributed by atoms with Crippen molar-refractivity contribution in [3.63, 3.8) is 0 Å². The molecule has 20 heteroatoms. The molecule has 3 saturated heterocycles. The summed E-state index contributed by atoms with van der Waals surface area (Å²) in [5.74, 6) is 1.53. The van der Waals surface area contributed by atoms with Crippen molar-refractivity contribution < 1.29 is 52.3 Å². The van der Waals surface area contributed by atoms with E-state index in [1.165, 1.54) is 24.3 Å².